The van der Waals surface area contributed by atoms with Gasteiger partial charge in [-0.1, -0.05) is 0 Å². The van der Waals surface area contributed by atoms with E-state index in [2.05, 4.69) is 17.0 Å². The maximum atomic E-state index is 10.7. The summed E-state index contributed by atoms with van der Waals surface area (Å²) in [5.74, 6) is 0.688. The Balaban J connectivity index is 2.00. The third-order valence-electron chi connectivity index (χ3n) is 3.31. The van der Waals surface area contributed by atoms with Gasteiger partial charge in [0.05, 0.1) is 5.69 Å². The van der Waals surface area contributed by atoms with Gasteiger partial charge in [-0.2, -0.15) is 5.10 Å². The van der Waals surface area contributed by atoms with Crippen LogP contribution in [0.1, 0.15) is 29.0 Å². The fraction of sp³-hybridized carbons (Fsp3) is 0.667. The Morgan fingerprint density at radius 1 is 1.56 bits per heavy atom. The summed E-state index contributed by atoms with van der Waals surface area (Å²) in [4.78, 5) is 13.1. The van der Waals surface area contributed by atoms with Gasteiger partial charge in [0, 0.05) is 13.6 Å². The normalized spacial score (nSPS) is 22.2. The van der Waals surface area contributed by atoms with Gasteiger partial charge in [0.15, 0.2) is 6.29 Å². The standard InChI is InChI=1S/C12H19N3O/c1-14-5-3-4-10(8-14)6-11-7-12(9-16)15(2)13-11/h7,9-10H,3-6,8H2,1-2H3. The van der Waals surface area contributed by atoms with Crippen LogP contribution >= 0.6 is 0 Å². The first-order valence-electron chi connectivity index (χ1n) is 5.85. The van der Waals surface area contributed by atoms with Gasteiger partial charge in [0.2, 0.25) is 0 Å². The quantitative estimate of drug-likeness (QED) is 0.718. The molecule has 1 atom stereocenters. The molecule has 1 saturated heterocycles. The van der Waals surface area contributed by atoms with E-state index >= 15 is 0 Å². The highest BCUT2D eigenvalue weighted by atomic mass is 16.1. The maximum absolute atomic E-state index is 10.7. The molecule has 4 heteroatoms. The van der Waals surface area contributed by atoms with Crippen molar-refractivity contribution < 1.29 is 4.79 Å². The first-order chi connectivity index (χ1) is 7.69. The van der Waals surface area contributed by atoms with Gasteiger partial charge in [0.1, 0.15) is 5.69 Å². The number of aryl methyl sites for hydroxylation is 1. The highest BCUT2D eigenvalue weighted by Gasteiger charge is 2.18. The number of hydrogen-bond acceptors (Lipinski definition) is 3. The lowest BCUT2D eigenvalue weighted by Gasteiger charge is -2.29. The lowest BCUT2D eigenvalue weighted by atomic mass is 9.94. The summed E-state index contributed by atoms with van der Waals surface area (Å²) < 4.78 is 1.66. The van der Waals surface area contributed by atoms with Gasteiger partial charge >= 0.3 is 0 Å². The van der Waals surface area contributed by atoms with Crippen molar-refractivity contribution in [2.75, 3.05) is 20.1 Å². The number of aldehydes is 1. The summed E-state index contributed by atoms with van der Waals surface area (Å²) in [5, 5.41) is 4.37. The van der Waals surface area contributed by atoms with E-state index in [0.717, 1.165) is 24.9 Å². The van der Waals surface area contributed by atoms with Crippen molar-refractivity contribution in [2.45, 2.75) is 19.3 Å². The topological polar surface area (TPSA) is 38.1 Å². The summed E-state index contributed by atoms with van der Waals surface area (Å²) in [6.45, 7) is 2.35. The first kappa shape index (κ1) is 11.3. The van der Waals surface area contributed by atoms with Gasteiger partial charge in [-0.25, -0.2) is 0 Å². The Hall–Kier alpha value is -1.16. The predicted octanol–water partition coefficient (Wildman–Crippen LogP) is 1.12. The van der Waals surface area contributed by atoms with E-state index in [-0.39, 0.29) is 0 Å². The monoisotopic (exact) mass is 221 g/mol. The minimum atomic E-state index is 0.666. The van der Waals surface area contributed by atoms with Crippen LogP contribution in [0.15, 0.2) is 6.07 Å². The van der Waals surface area contributed by atoms with Crippen LogP contribution in [0.4, 0.5) is 0 Å². The molecule has 0 spiro atoms. The van der Waals surface area contributed by atoms with E-state index < -0.39 is 0 Å². The lowest BCUT2D eigenvalue weighted by molar-refractivity contribution is 0.111. The summed E-state index contributed by atoms with van der Waals surface area (Å²) in [6.07, 6.45) is 4.40. The summed E-state index contributed by atoms with van der Waals surface area (Å²) in [5.41, 5.74) is 1.71. The van der Waals surface area contributed by atoms with Gasteiger partial charge in [0.25, 0.3) is 0 Å². The molecule has 0 N–H and O–H groups in total. The zero-order valence-electron chi connectivity index (χ0n) is 10.0. The molecular weight excluding hydrogens is 202 g/mol. The number of aromatic nitrogens is 2. The van der Waals surface area contributed by atoms with E-state index in [9.17, 15) is 4.79 Å². The van der Waals surface area contributed by atoms with Gasteiger partial charge in [-0.05, 0) is 44.8 Å². The Morgan fingerprint density at radius 2 is 2.38 bits per heavy atom. The zero-order chi connectivity index (χ0) is 11.5. The molecular formula is C12H19N3O. The molecule has 1 aliphatic rings. The molecule has 1 fully saturated rings. The Labute approximate surface area is 96.2 Å². The van der Waals surface area contributed by atoms with Crippen molar-refractivity contribution in [2.24, 2.45) is 13.0 Å². The van der Waals surface area contributed by atoms with E-state index in [1.165, 1.54) is 19.4 Å². The molecule has 4 nitrogen and oxygen atoms in total. The van der Waals surface area contributed by atoms with Crippen molar-refractivity contribution >= 4 is 6.29 Å². The number of piperidine rings is 1. The molecule has 16 heavy (non-hydrogen) atoms. The van der Waals surface area contributed by atoms with Crippen LogP contribution in [0.3, 0.4) is 0 Å². The van der Waals surface area contributed by atoms with Crippen molar-refractivity contribution in [3.05, 3.63) is 17.5 Å². The molecule has 0 amide bonds. The molecule has 2 heterocycles. The van der Waals surface area contributed by atoms with Crippen molar-refractivity contribution in [1.29, 1.82) is 0 Å². The van der Waals surface area contributed by atoms with Crippen LogP contribution in [-0.4, -0.2) is 41.1 Å². The second-order valence-electron chi connectivity index (χ2n) is 4.78. The third-order valence-corrected chi connectivity index (χ3v) is 3.31. The number of carbonyl (C=O) groups excluding carboxylic acids is 1. The third kappa shape index (κ3) is 2.50. The lowest BCUT2D eigenvalue weighted by Crippen LogP contribution is -2.33. The Kier molecular flexibility index (Phi) is 3.39. The molecule has 0 aliphatic carbocycles. The average molecular weight is 221 g/mol. The molecule has 1 unspecified atom stereocenters. The van der Waals surface area contributed by atoms with Crippen LogP contribution in [-0.2, 0) is 13.5 Å². The van der Waals surface area contributed by atoms with Crippen LogP contribution in [0.5, 0.6) is 0 Å². The van der Waals surface area contributed by atoms with Crippen molar-refractivity contribution in [3.63, 3.8) is 0 Å². The Morgan fingerprint density at radius 3 is 3.00 bits per heavy atom. The summed E-state index contributed by atoms with van der Waals surface area (Å²) in [7, 11) is 3.99. The molecule has 0 bridgehead atoms. The van der Waals surface area contributed by atoms with E-state index in [1.54, 1.807) is 4.68 Å². The van der Waals surface area contributed by atoms with Crippen molar-refractivity contribution in [3.8, 4) is 0 Å². The number of hydrogen-bond donors (Lipinski definition) is 0. The van der Waals surface area contributed by atoms with Crippen LogP contribution in [0, 0.1) is 5.92 Å². The number of likely N-dealkylation sites (tertiary alicyclic amines) is 1. The average Bonchev–Trinajstić information content (AvgIpc) is 2.58. The molecule has 0 radical (unpaired) electrons. The zero-order valence-corrected chi connectivity index (χ0v) is 10.0. The second kappa shape index (κ2) is 4.78. The molecule has 2 rings (SSSR count). The van der Waals surface area contributed by atoms with Gasteiger partial charge in [-0.15, -0.1) is 0 Å². The number of rotatable bonds is 3. The maximum Gasteiger partial charge on any atom is 0.168 e. The first-order valence-corrected chi connectivity index (χ1v) is 5.85. The largest absolute Gasteiger partial charge is 0.306 e. The predicted molar refractivity (Wildman–Crippen MR) is 62.5 cm³/mol. The highest BCUT2D eigenvalue weighted by molar-refractivity contribution is 5.72. The minimum Gasteiger partial charge on any atom is -0.306 e. The Bertz CT molecular complexity index is 372. The van der Waals surface area contributed by atoms with Gasteiger partial charge < -0.3 is 4.90 Å². The number of carbonyl (C=O) groups is 1. The molecule has 1 aromatic heterocycles. The molecule has 88 valence electrons. The van der Waals surface area contributed by atoms with E-state index in [0.29, 0.717) is 11.6 Å². The second-order valence-corrected chi connectivity index (χ2v) is 4.78. The van der Waals surface area contributed by atoms with E-state index in [4.69, 9.17) is 0 Å². The summed E-state index contributed by atoms with van der Waals surface area (Å²) in [6, 6.07) is 1.90. The fourth-order valence-corrected chi connectivity index (χ4v) is 2.49. The van der Waals surface area contributed by atoms with Crippen LogP contribution in [0.25, 0.3) is 0 Å². The smallest absolute Gasteiger partial charge is 0.168 e. The molecule has 1 aliphatic heterocycles. The molecule has 1 aromatic rings. The van der Waals surface area contributed by atoms with Gasteiger partial charge in [-0.3, -0.25) is 9.48 Å². The summed E-state index contributed by atoms with van der Waals surface area (Å²) >= 11 is 0. The molecule has 0 saturated carbocycles. The van der Waals surface area contributed by atoms with Crippen molar-refractivity contribution in [1.82, 2.24) is 14.7 Å². The highest BCUT2D eigenvalue weighted by Crippen LogP contribution is 2.19. The van der Waals surface area contributed by atoms with Crippen LogP contribution in [0.2, 0.25) is 0 Å². The number of nitrogens with zero attached hydrogens (tertiary/aromatic N) is 3. The fourth-order valence-electron chi connectivity index (χ4n) is 2.49. The minimum absolute atomic E-state index is 0.666. The van der Waals surface area contributed by atoms with E-state index in [1.807, 2.05) is 13.1 Å². The van der Waals surface area contributed by atoms with Crippen LogP contribution < -0.4 is 0 Å². The SMILES string of the molecule is CN1CCCC(Cc2cc(C=O)n(C)n2)C1. The molecule has 0 aromatic carbocycles.